The van der Waals surface area contributed by atoms with Crippen LogP contribution in [0.1, 0.15) is 58.6 Å². The quantitative estimate of drug-likeness (QED) is 0.373. The standard InChI is InChI=1S/C22H24ClN3O4/c1-12-18(11-16-15-10-14(23)7-8-17(15)26-21(16)29)25-13(2)20(12)22(30)24-9-5-3-4-6-19(27)28/h7-8,10-11,25H,3-6,9H2,1-2H3,(H,24,30)(H,26,29)(H,27,28)/b16-11-. The van der Waals surface area contributed by atoms with Crippen molar-refractivity contribution < 1.29 is 19.5 Å². The number of rotatable bonds is 8. The molecule has 158 valence electrons. The first-order chi connectivity index (χ1) is 14.3. The molecule has 1 aliphatic heterocycles. The van der Waals surface area contributed by atoms with E-state index in [0.29, 0.717) is 46.2 Å². The number of halogens is 1. The van der Waals surface area contributed by atoms with E-state index in [1.165, 1.54) is 0 Å². The van der Waals surface area contributed by atoms with Crippen molar-refractivity contribution in [2.24, 2.45) is 0 Å². The Morgan fingerprint density at radius 2 is 1.97 bits per heavy atom. The lowest BCUT2D eigenvalue weighted by atomic mass is 10.0. The van der Waals surface area contributed by atoms with Gasteiger partial charge in [0.1, 0.15) is 0 Å². The SMILES string of the molecule is Cc1[nH]c(/C=C2\C(=O)Nc3ccc(Cl)cc32)c(C)c1C(=O)NCCCCCC(=O)O. The summed E-state index contributed by atoms with van der Waals surface area (Å²) in [6.07, 6.45) is 3.94. The minimum Gasteiger partial charge on any atom is -0.481 e. The van der Waals surface area contributed by atoms with E-state index in [0.717, 1.165) is 24.0 Å². The summed E-state index contributed by atoms with van der Waals surface area (Å²) >= 11 is 6.08. The average Bonchev–Trinajstić information content (AvgIpc) is 3.13. The van der Waals surface area contributed by atoms with E-state index >= 15 is 0 Å². The molecule has 2 amide bonds. The van der Waals surface area contributed by atoms with E-state index in [2.05, 4.69) is 15.6 Å². The van der Waals surface area contributed by atoms with Crippen molar-refractivity contribution >= 4 is 46.7 Å². The largest absolute Gasteiger partial charge is 0.481 e. The van der Waals surface area contributed by atoms with Gasteiger partial charge in [0.2, 0.25) is 0 Å². The molecular weight excluding hydrogens is 406 g/mol. The van der Waals surface area contributed by atoms with Crippen LogP contribution in [0, 0.1) is 13.8 Å². The van der Waals surface area contributed by atoms with E-state index < -0.39 is 5.97 Å². The fourth-order valence-corrected chi connectivity index (χ4v) is 3.75. The van der Waals surface area contributed by atoms with Gasteiger partial charge in [-0.3, -0.25) is 14.4 Å². The molecule has 0 aliphatic carbocycles. The molecule has 2 heterocycles. The van der Waals surface area contributed by atoms with Gasteiger partial charge in [-0.25, -0.2) is 0 Å². The first kappa shape index (κ1) is 21.6. The molecule has 1 aliphatic rings. The van der Waals surface area contributed by atoms with Crippen molar-refractivity contribution in [2.45, 2.75) is 39.5 Å². The number of aliphatic carboxylic acids is 1. The Labute approximate surface area is 179 Å². The molecule has 7 nitrogen and oxygen atoms in total. The van der Waals surface area contributed by atoms with E-state index in [-0.39, 0.29) is 18.2 Å². The molecule has 0 saturated carbocycles. The number of fused-ring (bicyclic) bond motifs is 1. The zero-order valence-corrected chi connectivity index (χ0v) is 17.7. The minimum absolute atomic E-state index is 0.143. The van der Waals surface area contributed by atoms with Crippen molar-refractivity contribution in [1.29, 1.82) is 0 Å². The molecule has 2 aromatic rings. The zero-order valence-electron chi connectivity index (χ0n) is 16.9. The predicted molar refractivity (Wildman–Crippen MR) is 117 cm³/mol. The molecule has 0 fully saturated rings. The van der Waals surface area contributed by atoms with Crippen molar-refractivity contribution in [1.82, 2.24) is 10.3 Å². The number of anilines is 1. The molecule has 30 heavy (non-hydrogen) atoms. The summed E-state index contributed by atoms with van der Waals surface area (Å²) < 4.78 is 0. The van der Waals surface area contributed by atoms with Crippen LogP contribution in [0.5, 0.6) is 0 Å². The monoisotopic (exact) mass is 429 g/mol. The molecule has 0 bridgehead atoms. The molecular formula is C22H24ClN3O4. The van der Waals surface area contributed by atoms with Gasteiger partial charge in [0.25, 0.3) is 11.8 Å². The summed E-state index contributed by atoms with van der Waals surface area (Å²) in [6.45, 7) is 4.13. The van der Waals surface area contributed by atoms with Crippen molar-refractivity contribution in [3.8, 4) is 0 Å². The van der Waals surface area contributed by atoms with Crippen LogP contribution >= 0.6 is 11.6 Å². The molecule has 0 radical (unpaired) electrons. The summed E-state index contributed by atoms with van der Waals surface area (Å²) in [4.78, 5) is 38.8. The van der Waals surface area contributed by atoms with Crippen molar-refractivity contribution in [3.63, 3.8) is 0 Å². The van der Waals surface area contributed by atoms with Crippen LogP contribution in [0.3, 0.4) is 0 Å². The van der Waals surface area contributed by atoms with Crippen LogP contribution in [-0.4, -0.2) is 34.4 Å². The van der Waals surface area contributed by atoms with Gasteiger partial charge in [-0.15, -0.1) is 0 Å². The highest BCUT2D eigenvalue weighted by molar-refractivity contribution is 6.36. The van der Waals surface area contributed by atoms with Crippen LogP contribution in [-0.2, 0) is 9.59 Å². The Bertz CT molecular complexity index is 1040. The number of carbonyl (C=O) groups is 3. The number of carboxylic acids is 1. The van der Waals surface area contributed by atoms with Gasteiger partial charge < -0.3 is 20.7 Å². The Hall–Kier alpha value is -3.06. The van der Waals surface area contributed by atoms with Gasteiger partial charge in [0, 0.05) is 40.6 Å². The van der Waals surface area contributed by atoms with Crippen molar-refractivity contribution in [2.75, 3.05) is 11.9 Å². The first-order valence-electron chi connectivity index (χ1n) is 9.80. The number of aromatic nitrogens is 1. The average molecular weight is 430 g/mol. The number of hydrogen-bond acceptors (Lipinski definition) is 3. The number of unbranched alkanes of at least 4 members (excludes halogenated alkanes) is 2. The van der Waals surface area contributed by atoms with Gasteiger partial charge >= 0.3 is 5.97 Å². The topological polar surface area (TPSA) is 111 Å². The fourth-order valence-electron chi connectivity index (χ4n) is 3.58. The number of H-pyrrole nitrogens is 1. The van der Waals surface area contributed by atoms with Crippen LogP contribution in [0.4, 0.5) is 5.69 Å². The maximum Gasteiger partial charge on any atom is 0.303 e. The van der Waals surface area contributed by atoms with E-state index in [1.807, 2.05) is 13.8 Å². The Kier molecular flexibility index (Phi) is 6.62. The van der Waals surface area contributed by atoms with E-state index in [1.54, 1.807) is 24.3 Å². The third kappa shape index (κ3) is 4.74. The molecule has 8 heteroatoms. The van der Waals surface area contributed by atoms with Crippen LogP contribution in [0.25, 0.3) is 11.6 Å². The lowest BCUT2D eigenvalue weighted by molar-refractivity contribution is -0.137. The Morgan fingerprint density at radius 3 is 2.70 bits per heavy atom. The molecule has 0 unspecified atom stereocenters. The maximum atomic E-state index is 12.6. The summed E-state index contributed by atoms with van der Waals surface area (Å²) in [5.74, 6) is -1.21. The van der Waals surface area contributed by atoms with Gasteiger partial charge in [0.15, 0.2) is 0 Å². The molecule has 3 rings (SSSR count). The summed E-state index contributed by atoms with van der Waals surface area (Å²) in [5, 5.41) is 14.9. The van der Waals surface area contributed by atoms with Gasteiger partial charge in [-0.1, -0.05) is 18.0 Å². The number of hydrogen-bond donors (Lipinski definition) is 4. The highest BCUT2D eigenvalue weighted by Crippen LogP contribution is 2.35. The van der Waals surface area contributed by atoms with Gasteiger partial charge in [0.05, 0.1) is 11.1 Å². The smallest absolute Gasteiger partial charge is 0.303 e. The van der Waals surface area contributed by atoms with Crippen molar-refractivity contribution in [3.05, 3.63) is 51.3 Å². The number of benzene rings is 1. The highest BCUT2D eigenvalue weighted by Gasteiger charge is 2.25. The second-order valence-electron chi connectivity index (χ2n) is 7.33. The molecule has 0 saturated heterocycles. The second-order valence-corrected chi connectivity index (χ2v) is 7.76. The maximum absolute atomic E-state index is 12.6. The number of nitrogens with one attached hydrogen (secondary N) is 3. The van der Waals surface area contributed by atoms with Crippen LogP contribution in [0.15, 0.2) is 18.2 Å². The lowest BCUT2D eigenvalue weighted by Gasteiger charge is -2.06. The normalized spacial score (nSPS) is 14.0. The molecule has 0 spiro atoms. The highest BCUT2D eigenvalue weighted by atomic mass is 35.5. The number of amides is 2. The lowest BCUT2D eigenvalue weighted by Crippen LogP contribution is -2.25. The number of carboxylic acid groups (broad SMARTS) is 1. The number of aryl methyl sites for hydroxylation is 1. The zero-order chi connectivity index (χ0) is 21.8. The second kappa shape index (κ2) is 9.17. The predicted octanol–water partition coefficient (Wildman–Crippen LogP) is 4.15. The Balaban J connectivity index is 1.73. The summed E-state index contributed by atoms with van der Waals surface area (Å²) in [6, 6.07) is 5.22. The van der Waals surface area contributed by atoms with Crippen LogP contribution < -0.4 is 10.6 Å². The fraction of sp³-hybridized carbons (Fsp3) is 0.318. The van der Waals surface area contributed by atoms with Gasteiger partial charge in [-0.05, 0) is 56.5 Å². The number of aromatic amines is 1. The third-order valence-corrected chi connectivity index (χ3v) is 5.34. The number of carbonyl (C=O) groups excluding carboxylic acids is 2. The van der Waals surface area contributed by atoms with Crippen LogP contribution in [0.2, 0.25) is 5.02 Å². The molecule has 1 aromatic carbocycles. The first-order valence-corrected chi connectivity index (χ1v) is 10.2. The molecule has 1 aromatic heterocycles. The minimum atomic E-state index is -0.805. The van der Waals surface area contributed by atoms with Gasteiger partial charge in [-0.2, -0.15) is 0 Å². The molecule has 0 atom stereocenters. The third-order valence-electron chi connectivity index (χ3n) is 5.11. The van der Waals surface area contributed by atoms with E-state index in [9.17, 15) is 14.4 Å². The summed E-state index contributed by atoms with van der Waals surface area (Å²) in [5.41, 5.74) is 4.64. The van der Waals surface area contributed by atoms with E-state index in [4.69, 9.17) is 16.7 Å². The Morgan fingerprint density at radius 1 is 1.20 bits per heavy atom. The summed E-state index contributed by atoms with van der Waals surface area (Å²) in [7, 11) is 0. The molecule has 4 N–H and O–H groups in total.